The Labute approximate surface area is 161 Å². The minimum Gasteiger partial charge on any atom is -0.481 e. The fourth-order valence-electron chi connectivity index (χ4n) is 2.65. The normalized spacial score (nSPS) is 11.5. The first-order valence-electron chi connectivity index (χ1n) is 9.54. The van der Waals surface area contributed by atoms with Gasteiger partial charge in [0.25, 0.3) is 5.91 Å². The highest BCUT2D eigenvalue weighted by molar-refractivity contribution is 5.84. The van der Waals surface area contributed by atoms with Gasteiger partial charge in [0.05, 0.1) is 0 Å². The van der Waals surface area contributed by atoms with E-state index in [2.05, 4.69) is 17.8 Å². The predicted molar refractivity (Wildman–Crippen MR) is 107 cm³/mol. The Morgan fingerprint density at radius 2 is 1.56 bits per heavy atom. The fourth-order valence-corrected chi connectivity index (χ4v) is 2.65. The molecular formula is C22H28N2O3. The van der Waals surface area contributed by atoms with Gasteiger partial charge in [-0.05, 0) is 36.1 Å². The van der Waals surface area contributed by atoms with Crippen LogP contribution in [0.2, 0.25) is 0 Å². The van der Waals surface area contributed by atoms with Crippen molar-refractivity contribution < 1.29 is 14.3 Å². The highest BCUT2D eigenvalue weighted by Gasteiger charge is 2.19. The Morgan fingerprint density at radius 3 is 2.19 bits per heavy atom. The number of amides is 2. The van der Waals surface area contributed by atoms with Crippen LogP contribution in [-0.2, 0) is 9.59 Å². The molecule has 0 fully saturated rings. The topological polar surface area (TPSA) is 67.4 Å². The van der Waals surface area contributed by atoms with Gasteiger partial charge in [-0.1, -0.05) is 69.2 Å². The minimum atomic E-state index is -0.663. The van der Waals surface area contributed by atoms with Gasteiger partial charge in [-0.25, -0.2) is 0 Å². The number of ether oxygens (including phenoxy) is 1. The number of benzene rings is 2. The maximum atomic E-state index is 12.3. The summed E-state index contributed by atoms with van der Waals surface area (Å²) in [7, 11) is 0. The zero-order valence-corrected chi connectivity index (χ0v) is 16.0. The van der Waals surface area contributed by atoms with E-state index >= 15 is 0 Å². The van der Waals surface area contributed by atoms with Crippen LogP contribution in [0, 0.1) is 0 Å². The van der Waals surface area contributed by atoms with Gasteiger partial charge in [0.1, 0.15) is 5.75 Å². The van der Waals surface area contributed by atoms with Crippen LogP contribution in [0.3, 0.4) is 0 Å². The molecule has 2 aromatic rings. The number of hydrogen-bond acceptors (Lipinski definition) is 3. The molecule has 2 N–H and O–H groups in total. The Hall–Kier alpha value is -2.82. The number of carbonyl (C=O) groups excluding carboxylic acids is 2. The molecule has 0 radical (unpaired) electrons. The number of unbranched alkanes of at least 4 members (excludes halogenated alkanes) is 2. The third-order valence-electron chi connectivity index (χ3n) is 4.24. The molecule has 0 spiro atoms. The smallest absolute Gasteiger partial charge is 0.279 e. The molecule has 1 atom stereocenters. The second-order valence-electron chi connectivity index (χ2n) is 6.40. The van der Waals surface area contributed by atoms with Crippen molar-refractivity contribution >= 4 is 11.8 Å². The van der Waals surface area contributed by atoms with E-state index in [9.17, 15) is 9.59 Å². The first kappa shape index (κ1) is 20.5. The van der Waals surface area contributed by atoms with Gasteiger partial charge in [0, 0.05) is 6.42 Å². The molecule has 0 saturated carbocycles. The summed E-state index contributed by atoms with van der Waals surface area (Å²) in [6, 6.07) is 17.7. The molecule has 0 bridgehead atoms. The zero-order valence-electron chi connectivity index (χ0n) is 16.0. The molecule has 2 amide bonds. The van der Waals surface area contributed by atoms with Crippen LogP contribution in [0.15, 0.2) is 54.6 Å². The van der Waals surface area contributed by atoms with Crippen molar-refractivity contribution in [2.75, 3.05) is 0 Å². The van der Waals surface area contributed by atoms with E-state index < -0.39 is 6.10 Å². The van der Waals surface area contributed by atoms with E-state index in [1.807, 2.05) is 61.5 Å². The lowest BCUT2D eigenvalue weighted by Crippen LogP contribution is -2.47. The van der Waals surface area contributed by atoms with E-state index in [1.165, 1.54) is 0 Å². The van der Waals surface area contributed by atoms with E-state index in [-0.39, 0.29) is 11.8 Å². The molecule has 5 heteroatoms. The molecule has 0 aromatic heterocycles. The molecule has 1 unspecified atom stereocenters. The first-order valence-corrected chi connectivity index (χ1v) is 9.54. The molecule has 2 aromatic carbocycles. The van der Waals surface area contributed by atoms with Gasteiger partial charge < -0.3 is 4.74 Å². The molecule has 27 heavy (non-hydrogen) atoms. The van der Waals surface area contributed by atoms with Crippen molar-refractivity contribution in [3.05, 3.63) is 54.6 Å². The number of hydrogen-bond donors (Lipinski definition) is 2. The van der Waals surface area contributed by atoms with Crippen molar-refractivity contribution in [2.45, 2.75) is 52.1 Å². The van der Waals surface area contributed by atoms with Crippen molar-refractivity contribution in [1.29, 1.82) is 0 Å². The Bertz CT molecular complexity index is 714. The van der Waals surface area contributed by atoms with Crippen LogP contribution in [0.25, 0.3) is 11.1 Å². The number of nitrogens with one attached hydrogen (secondary N) is 2. The summed E-state index contributed by atoms with van der Waals surface area (Å²) < 4.78 is 5.78. The van der Waals surface area contributed by atoms with E-state index in [1.54, 1.807) is 0 Å². The zero-order chi connectivity index (χ0) is 19.5. The van der Waals surface area contributed by atoms with E-state index in [0.717, 1.165) is 30.4 Å². The lowest BCUT2D eigenvalue weighted by molar-refractivity contribution is -0.133. The van der Waals surface area contributed by atoms with E-state index in [4.69, 9.17) is 4.74 Å². The number of rotatable bonds is 9. The maximum absolute atomic E-state index is 12.3. The van der Waals surface area contributed by atoms with Gasteiger partial charge in [-0.15, -0.1) is 0 Å². The molecule has 0 aliphatic carbocycles. The lowest BCUT2D eigenvalue weighted by Gasteiger charge is -2.18. The summed E-state index contributed by atoms with van der Waals surface area (Å²) in [4.78, 5) is 23.9. The van der Waals surface area contributed by atoms with Crippen LogP contribution in [0.4, 0.5) is 0 Å². The van der Waals surface area contributed by atoms with Crippen LogP contribution in [0.5, 0.6) is 5.75 Å². The Morgan fingerprint density at radius 1 is 0.889 bits per heavy atom. The average molecular weight is 368 g/mol. The molecule has 0 aliphatic heterocycles. The highest BCUT2D eigenvalue weighted by atomic mass is 16.5. The maximum Gasteiger partial charge on any atom is 0.279 e. The van der Waals surface area contributed by atoms with Crippen LogP contribution in [-0.4, -0.2) is 17.9 Å². The van der Waals surface area contributed by atoms with Crippen molar-refractivity contribution in [2.24, 2.45) is 0 Å². The molecule has 2 rings (SSSR count). The van der Waals surface area contributed by atoms with Gasteiger partial charge in [0.15, 0.2) is 6.10 Å². The summed E-state index contributed by atoms with van der Waals surface area (Å²) in [5.74, 6) is 0.0818. The quantitative estimate of drug-likeness (QED) is 0.514. The Balaban J connectivity index is 1.86. The fraction of sp³-hybridized carbons (Fsp3) is 0.364. The molecule has 0 heterocycles. The summed E-state index contributed by atoms with van der Waals surface area (Å²) in [5, 5.41) is 0. The van der Waals surface area contributed by atoms with Gasteiger partial charge in [-0.3, -0.25) is 20.4 Å². The van der Waals surface area contributed by atoms with Crippen LogP contribution < -0.4 is 15.6 Å². The third kappa shape index (κ3) is 6.77. The van der Waals surface area contributed by atoms with Gasteiger partial charge >= 0.3 is 0 Å². The van der Waals surface area contributed by atoms with Gasteiger partial charge in [-0.2, -0.15) is 0 Å². The lowest BCUT2D eigenvalue weighted by atomic mass is 10.1. The standard InChI is InChI=1S/C22H28N2O3/c1-3-5-7-12-21(25)23-24-22(26)20(4-2)27-19-15-13-18(14-16-19)17-10-8-6-9-11-17/h6,8-11,13-16,20H,3-5,7,12H2,1-2H3,(H,23,25)(H,24,26). The van der Waals surface area contributed by atoms with Crippen molar-refractivity contribution in [3.8, 4) is 16.9 Å². The Kier molecular flexibility index (Phi) is 8.36. The molecule has 144 valence electrons. The first-order chi connectivity index (χ1) is 13.1. The molecule has 0 saturated heterocycles. The molecular weight excluding hydrogens is 340 g/mol. The monoisotopic (exact) mass is 368 g/mol. The second-order valence-corrected chi connectivity index (χ2v) is 6.40. The highest BCUT2D eigenvalue weighted by Crippen LogP contribution is 2.23. The summed E-state index contributed by atoms with van der Waals surface area (Å²) in [6.45, 7) is 3.95. The van der Waals surface area contributed by atoms with Crippen molar-refractivity contribution in [3.63, 3.8) is 0 Å². The number of carbonyl (C=O) groups is 2. The van der Waals surface area contributed by atoms with Crippen LogP contribution in [0.1, 0.15) is 46.0 Å². The summed E-state index contributed by atoms with van der Waals surface area (Å²) in [6.07, 6.45) is 3.11. The van der Waals surface area contributed by atoms with Crippen LogP contribution >= 0.6 is 0 Å². The third-order valence-corrected chi connectivity index (χ3v) is 4.24. The van der Waals surface area contributed by atoms with Crippen molar-refractivity contribution in [1.82, 2.24) is 10.9 Å². The second kappa shape index (κ2) is 11.0. The average Bonchev–Trinajstić information content (AvgIpc) is 2.71. The SMILES string of the molecule is CCCCCC(=O)NNC(=O)C(CC)Oc1ccc(-c2ccccc2)cc1. The summed E-state index contributed by atoms with van der Waals surface area (Å²) in [5.41, 5.74) is 7.12. The van der Waals surface area contributed by atoms with Gasteiger partial charge in [0.2, 0.25) is 5.91 Å². The van der Waals surface area contributed by atoms with E-state index in [0.29, 0.717) is 18.6 Å². The molecule has 0 aliphatic rings. The predicted octanol–water partition coefficient (Wildman–Crippen LogP) is 4.24. The molecule has 5 nitrogen and oxygen atoms in total. The number of hydrazine groups is 1. The minimum absolute atomic E-state index is 0.182. The summed E-state index contributed by atoms with van der Waals surface area (Å²) >= 11 is 0. The largest absolute Gasteiger partial charge is 0.481 e.